The third kappa shape index (κ3) is 5.40. The van der Waals surface area contributed by atoms with Crippen molar-refractivity contribution >= 4 is 35.4 Å². The van der Waals surface area contributed by atoms with Crippen LogP contribution in [0.15, 0.2) is 72.8 Å². The topological polar surface area (TPSA) is 71.9 Å². The van der Waals surface area contributed by atoms with E-state index < -0.39 is 0 Å². The zero-order valence-corrected chi connectivity index (χ0v) is 18.3. The molecule has 0 saturated carbocycles. The minimum atomic E-state index is -0.362. The second kappa shape index (κ2) is 9.76. The Labute approximate surface area is 193 Å². The lowest BCUT2D eigenvalue weighted by Crippen LogP contribution is -2.19. The molecule has 1 amide bonds. The molecule has 9 heteroatoms. The van der Waals surface area contributed by atoms with E-state index in [1.165, 1.54) is 12.1 Å². The number of aromatic amines is 1. The minimum absolute atomic E-state index is 0.0166. The summed E-state index contributed by atoms with van der Waals surface area (Å²) in [6, 6.07) is 20.3. The molecule has 0 bridgehead atoms. The maximum atomic E-state index is 13.3. The molecule has 3 aromatic carbocycles. The van der Waals surface area contributed by atoms with E-state index in [-0.39, 0.29) is 24.9 Å². The molecule has 6 nitrogen and oxygen atoms in total. The van der Waals surface area contributed by atoms with Crippen molar-refractivity contribution in [3.63, 3.8) is 0 Å². The summed E-state index contributed by atoms with van der Waals surface area (Å²) in [5.74, 6) is 0.350. The van der Waals surface area contributed by atoms with E-state index >= 15 is 0 Å². The molecule has 162 valence electrons. The van der Waals surface area contributed by atoms with Crippen LogP contribution in [0.3, 0.4) is 0 Å². The Morgan fingerprint density at radius 2 is 1.91 bits per heavy atom. The van der Waals surface area contributed by atoms with Crippen LogP contribution < -0.4 is 10.1 Å². The number of halogens is 2. The predicted molar refractivity (Wildman–Crippen MR) is 124 cm³/mol. The molecule has 4 rings (SSSR count). The van der Waals surface area contributed by atoms with Crippen LogP contribution in [-0.2, 0) is 17.9 Å². The molecule has 2 N–H and O–H groups in total. The van der Waals surface area contributed by atoms with Gasteiger partial charge in [0.05, 0.1) is 0 Å². The summed E-state index contributed by atoms with van der Waals surface area (Å²) in [6.45, 7) is 0.220. The van der Waals surface area contributed by atoms with E-state index in [1.54, 1.807) is 41.0 Å². The van der Waals surface area contributed by atoms with Gasteiger partial charge in [0.1, 0.15) is 24.7 Å². The van der Waals surface area contributed by atoms with Crippen LogP contribution in [-0.4, -0.2) is 20.7 Å². The third-order valence-corrected chi connectivity index (χ3v) is 5.14. The van der Waals surface area contributed by atoms with Crippen molar-refractivity contribution in [2.24, 2.45) is 0 Å². The fourth-order valence-electron chi connectivity index (χ4n) is 3.09. The number of rotatable bonds is 7. The van der Waals surface area contributed by atoms with Crippen molar-refractivity contribution in [2.75, 3.05) is 5.32 Å². The Morgan fingerprint density at radius 3 is 2.69 bits per heavy atom. The number of nitrogens with one attached hydrogen (secondary N) is 2. The summed E-state index contributed by atoms with van der Waals surface area (Å²) in [5.41, 5.74) is 2.22. The Hall–Kier alpha value is -3.49. The smallest absolute Gasteiger partial charge is 0.244 e. The van der Waals surface area contributed by atoms with Crippen molar-refractivity contribution in [1.82, 2.24) is 14.8 Å². The second-order valence-corrected chi connectivity index (χ2v) is 7.76. The maximum absolute atomic E-state index is 13.3. The summed E-state index contributed by atoms with van der Waals surface area (Å²) >= 11 is 11.2. The van der Waals surface area contributed by atoms with E-state index in [9.17, 15) is 9.18 Å². The lowest BCUT2D eigenvalue weighted by Gasteiger charge is -2.10. The average Bonchev–Trinajstić information content (AvgIpc) is 3.13. The lowest BCUT2D eigenvalue weighted by molar-refractivity contribution is -0.116. The first-order valence-electron chi connectivity index (χ1n) is 9.66. The van der Waals surface area contributed by atoms with Crippen molar-refractivity contribution in [2.45, 2.75) is 13.2 Å². The first-order chi connectivity index (χ1) is 15.5. The molecular formula is C23H18ClFN4O2S. The fraction of sp³-hybridized carbons (Fsp3) is 0.0870. The molecule has 0 atom stereocenters. The number of ether oxygens (including phenoxy) is 1. The molecule has 0 aliphatic rings. The number of hydrogen-bond donors (Lipinski definition) is 2. The Balaban J connectivity index is 1.43. The number of anilines is 1. The molecule has 32 heavy (non-hydrogen) atoms. The highest BCUT2D eigenvalue weighted by Gasteiger charge is 2.13. The van der Waals surface area contributed by atoms with E-state index in [2.05, 4.69) is 15.5 Å². The molecule has 0 saturated heterocycles. The van der Waals surface area contributed by atoms with Gasteiger partial charge >= 0.3 is 0 Å². The zero-order chi connectivity index (χ0) is 22.5. The summed E-state index contributed by atoms with van der Waals surface area (Å²) in [6.07, 6.45) is 0. The zero-order valence-electron chi connectivity index (χ0n) is 16.7. The molecular weight excluding hydrogens is 451 g/mol. The molecule has 0 aliphatic carbocycles. The van der Waals surface area contributed by atoms with Gasteiger partial charge in [-0.1, -0.05) is 29.8 Å². The summed E-state index contributed by atoms with van der Waals surface area (Å²) in [4.78, 5) is 12.7. The van der Waals surface area contributed by atoms with Gasteiger partial charge in [-0.25, -0.2) is 4.39 Å². The summed E-state index contributed by atoms with van der Waals surface area (Å²) in [7, 11) is 0. The highest BCUT2D eigenvalue weighted by molar-refractivity contribution is 7.71. The highest BCUT2D eigenvalue weighted by atomic mass is 35.5. The van der Waals surface area contributed by atoms with Gasteiger partial charge in [-0.05, 0) is 66.3 Å². The number of hydrogen-bond acceptors (Lipinski definition) is 4. The first kappa shape index (κ1) is 21.7. The van der Waals surface area contributed by atoms with Crippen molar-refractivity contribution in [1.29, 1.82) is 0 Å². The summed E-state index contributed by atoms with van der Waals surface area (Å²) in [5, 5.41) is 10.4. The Bertz CT molecular complexity index is 1300. The van der Waals surface area contributed by atoms with Crippen LogP contribution in [0.1, 0.15) is 5.56 Å². The van der Waals surface area contributed by atoms with E-state index in [0.717, 1.165) is 11.1 Å². The third-order valence-electron chi connectivity index (χ3n) is 4.57. The quantitative estimate of drug-likeness (QED) is 0.345. The number of carbonyl (C=O) groups excluding carboxylic acids is 1. The summed E-state index contributed by atoms with van der Waals surface area (Å²) < 4.78 is 20.9. The second-order valence-electron chi connectivity index (χ2n) is 6.94. The number of aromatic nitrogens is 3. The maximum Gasteiger partial charge on any atom is 0.244 e. The van der Waals surface area contributed by atoms with Gasteiger partial charge in [0.15, 0.2) is 10.6 Å². The Morgan fingerprint density at radius 1 is 1.12 bits per heavy atom. The van der Waals surface area contributed by atoms with E-state index in [1.807, 2.05) is 24.3 Å². The number of carbonyl (C=O) groups is 1. The largest absolute Gasteiger partial charge is 0.489 e. The number of H-pyrrole nitrogens is 1. The van der Waals surface area contributed by atoms with Gasteiger partial charge in [-0.15, -0.1) is 0 Å². The van der Waals surface area contributed by atoms with Gasteiger partial charge in [-0.2, -0.15) is 5.10 Å². The SMILES string of the molecule is O=C(Cn1c(-c2ccc(Cl)cc2)n[nH]c1=S)Nc1cccc(COc2cccc(F)c2)c1. The number of amides is 1. The molecule has 4 aromatic rings. The van der Waals surface area contributed by atoms with Crippen LogP contribution in [0, 0.1) is 10.6 Å². The molecule has 0 radical (unpaired) electrons. The molecule has 1 heterocycles. The molecule has 0 spiro atoms. The van der Waals surface area contributed by atoms with Gasteiger partial charge < -0.3 is 10.1 Å². The first-order valence-corrected chi connectivity index (χ1v) is 10.4. The van der Waals surface area contributed by atoms with Crippen LogP contribution in [0.5, 0.6) is 5.75 Å². The fourth-order valence-corrected chi connectivity index (χ4v) is 3.41. The van der Waals surface area contributed by atoms with E-state index in [4.69, 9.17) is 28.6 Å². The molecule has 1 aromatic heterocycles. The lowest BCUT2D eigenvalue weighted by atomic mass is 10.2. The van der Waals surface area contributed by atoms with Gasteiger partial charge in [0.2, 0.25) is 5.91 Å². The molecule has 0 aliphatic heterocycles. The normalized spacial score (nSPS) is 10.7. The van der Waals surface area contributed by atoms with Crippen LogP contribution in [0.25, 0.3) is 11.4 Å². The van der Waals surface area contributed by atoms with Crippen molar-refractivity contribution in [3.05, 3.63) is 94.0 Å². The Kier molecular flexibility index (Phi) is 6.63. The molecule has 0 unspecified atom stereocenters. The number of nitrogens with zero attached hydrogens (tertiary/aromatic N) is 2. The van der Waals surface area contributed by atoms with Gasteiger partial charge in [0.25, 0.3) is 0 Å². The highest BCUT2D eigenvalue weighted by Crippen LogP contribution is 2.20. The van der Waals surface area contributed by atoms with Crippen LogP contribution in [0.2, 0.25) is 5.02 Å². The predicted octanol–water partition coefficient (Wildman–Crippen LogP) is 5.62. The van der Waals surface area contributed by atoms with E-state index in [0.29, 0.717) is 27.1 Å². The number of benzene rings is 3. The average molecular weight is 469 g/mol. The van der Waals surface area contributed by atoms with Crippen LogP contribution >= 0.6 is 23.8 Å². The monoisotopic (exact) mass is 468 g/mol. The van der Waals surface area contributed by atoms with Crippen molar-refractivity contribution < 1.29 is 13.9 Å². The van der Waals surface area contributed by atoms with Crippen molar-refractivity contribution in [3.8, 4) is 17.1 Å². The standard InChI is InChI=1S/C23H18ClFN4O2S/c24-17-9-7-16(8-10-17)22-27-28-23(32)29(22)13-21(30)26-19-5-1-3-15(11-19)14-31-20-6-2-4-18(25)12-20/h1-12H,13-14H2,(H,26,30)(H,28,32). The van der Waals surface area contributed by atoms with Gasteiger partial charge in [0, 0.05) is 22.3 Å². The van der Waals surface area contributed by atoms with Crippen LogP contribution in [0.4, 0.5) is 10.1 Å². The molecule has 0 fully saturated rings. The van der Waals surface area contributed by atoms with Gasteiger partial charge in [-0.3, -0.25) is 14.5 Å². The minimum Gasteiger partial charge on any atom is -0.489 e.